The van der Waals surface area contributed by atoms with Crippen molar-refractivity contribution in [1.29, 1.82) is 0 Å². The predicted molar refractivity (Wildman–Crippen MR) is 176 cm³/mol. The third-order valence-corrected chi connectivity index (χ3v) is 8.44. The molecule has 2 fully saturated rings. The number of rotatable bonds is 6. The fraction of sp³-hybridized carbons (Fsp3) is 0.286. The highest BCUT2D eigenvalue weighted by Crippen LogP contribution is 2.44. The largest absolute Gasteiger partial charge is 0.465 e. The summed E-state index contributed by atoms with van der Waals surface area (Å²) < 4.78 is 10.4. The topological polar surface area (TPSA) is 129 Å². The number of likely N-dealkylation sites (tertiary alicyclic amines) is 2. The van der Waals surface area contributed by atoms with Crippen molar-refractivity contribution >= 4 is 58.7 Å². The molecular formula is C35H35N5O7. The van der Waals surface area contributed by atoms with E-state index < -0.39 is 29.6 Å². The van der Waals surface area contributed by atoms with Crippen LogP contribution in [0.3, 0.4) is 0 Å². The lowest BCUT2D eigenvalue weighted by Gasteiger charge is -2.61. The van der Waals surface area contributed by atoms with Gasteiger partial charge in [0.25, 0.3) is 5.91 Å². The summed E-state index contributed by atoms with van der Waals surface area (Å²) in [6.07, 6.45) is 0.270. The van der Waals surface area contributed by atoms with Crippen molar-refractivity contribution in [3.63, 3.8) is 0 Å². The van der Waals surface area contributed by atoms with E-state index in [1.165, 1.54) is 18.1 Å². The highest BCUT2D eigenvalue weighted by molar-refractivity contribution is 6.44. The number of urea groups is 1. The maximum absolute atomic E-state index is 14.5. The number of anilines is 3. The molecule has 0 radical (unpaired) electrons. The minimum absolute atomic E-state index is 0.184. The van der Waals surface area contributed by atoms with Crippen LogP contribution in [0.1, 0.15) is 42.3 Å². The van der Waals surface area contributed by atoms with Crippen molar-refractivity contribution in [2.24, 2.45) is 0 Å². The molecule has 242 valence electrons. The minimum atomic E-state index is -0.647. The molecular weight excluding hydrogens is 602 g/mol. The first kappa shape index (κ1) is 31.3. The molecule has 3 heterocycles. The van der Waals surface area contributed by atoms with Gasteiger partial charge in [0, 0.05) is 37.1 Å². The van der Waals surface area contributed by atoms with Gasteiger partial charge in [-0.3, -0.25) is 14.5 Å². The third-order valence-electron chi connectivity index (χ3n) is 8.44. The number of fused-ring (bicyclic) bond motifs is 2. The van der Waals surface area contributed by atoms with Crippen LogP contribution in [0.15, 0.2) is 72.8 Å². The van der Waals surface area contributed by atoms with E-state index in [0.29, 0.717) is 34.6 Å². The van der Waals surface area contributed by atoms with Gasteiger partial charge < -0.3 is 24.6 Å². The average molecular weight is 638 g/mol. The normalized spacial score (nSPS) is 19.1. The van der Waals surface area contributed by atoms with Gasteiger partial charge in [0.15, 0.2) is 0 Å². The van der Waals surface area contributed by atoms with Crippen molar-refractivity contribution in [2.75, 3.05) is 42.4 Å². The molecule has 2 saturated heterocycles. The van der Waals surface area contributed by atoms with Crippen LogP contribution in [0.4, 0.5) is 26.7 Å². The number of nitrogens with zero attached hydrogens (tertiary/aromatic N) is 4. The van der Waals surface area contributed by atoms with Crippen LogP contribution in [0.2, 0.25) is 0 Å². The van der Waals surface area contributed by atoms with Crippen LogP contribution >= 0.6 is 0 Å². The van der Waals surface area contributed by atoms with Crippen molar-refractivity contribution in [1.82, 2.24) is 9.80 Å². The smallest absolute Gasteiger partial charge is 0.410 e. The Bertz CT molecular complexity index is 1800. The molecule has 12 heteroatoms. The second-order valence-electron chi connectivity index (χ2n) is 12.6. The summed E-state index contributed by atoms with van der Waals surface area (Å²) in [7, 11) is 2.91. The van der Waals surface area contributed by atoms with E-state index in [1.807, 2.05) is 30.3 Å². The Morgan fingerprint density at radius 2 is 1.57 bits per heavy atom. The molecule has 3 aromatic rings. The van der Waals surface area contributed by atoms with E-state index in [-0.39, 0.29) is 42.0 Å². The summed E-state index contributed by atoms with van der Waals surface area (Å²) in [5.74, 6) is -1.18. The molecule has 1 unspecified atom stereocenters. The first-order valence-corrected chi connectivity index (χ1v) is 15.1. The first-order chi connectivity index (χ1) is 22.4. The number of esters is 1. The number of ether oxygens (including phenoxy) is 2. The summed E-state index contributed by atoms with van der Waals surface area (Å²) in [6.45, 7) is 5.91. The van der Waals surface area contributed by atoms with E-state index in [0.717, 1.165) is 4.90 Å². The molecule has 0 bridgehead atoms. The molecule has 2 atom stereocenters. The summed E-state index contributed by atoms with van der Waals surface area (Å²) in [5.41, 5.74) is 2.97. The molecule has 5 amide bonds. The van der Waals surface area contributed by atoms with Gasteiger partial charge in [-0.15, -0.1) is 0 Å². The van der Waals surface area contributed by atoms with Crippen LogP contribution in [-0.2, 0) is 19.1 Å². The Morgan fingerprint density at radius 1 is 0.915 bits per heavy atom. The molecule has 0 spiro atoms. The first-order valence-electron chi connectivity index (χ1n) is 15.1. The number of piperazine rings is 1. The number of nitrogens with one attached hydrogen (secondary N) is 1. The van der Waals surface area contributed by atoms with Gasteiger partial charge in [0.1, 0.15) is 5.60 Å². The summed E-state index contributed by atoms with van der Waals surface area (Å²) in [5, 5.41) is 3.37. The van der Waals surface area contributed by atoms with Gasteiger partial charge in [-0.25, -0.2) is 19.3 Å². The van der Waals surface area contributed by atoms with Gasteiger partial charge in [0.05, 0.1) is 41.7 Å². The molecule has 12 nitrogen and oxygen atoms in total. The molecule has 0 aromatic heterocycles. The minimum Gasteiger partial charge on any atom is -0.465 e. The zero-order valence-corrected chi connectivity index (χ0v) is 26.7. The van der Waals surface area contributed by atoms with Gasteiger partial charge in [-0.2, -0.15) is 0 Å². The highest BCUT2D eigenvalue weighted by Gasteiger charge is 2.58. The maximum Gasteiger partial charge on any atom is 0.410 e. The number of benzene rings is 3. The van der Waals surface area contributed by atoms with Crippen LogP contribution < -0.4 is 15.1 Å². The number of amides is 5. The van der Waals surface area contributed by atoms with Gasteiger partial charge in [-0.1, -0.05) is 36.4 Å². The zero-order valence-electron chi connectivity index (χ0n) is 26.7. The summed E-state index contributed by atoms with van der Waals surface area (Å²) in [6, 6.07) is 20.0. The SMILES string of the molecule is COC(=O)c1ccc2c(c1)N(C(=O)N1C[C@@H]3C1CN3C(=O)OC(C)(C)C)C(=O)/C2=C(\Nc1ccc(N(C)C=O)cc1)c1ccccc1. The lowest BCUT2D eigenvalue weighted by Crippen LogP contribution is -2.81. The second-order valence-corrected chi connectivity index (χ2v) is 12.6. The predicted octanol–water partition coefficient (Wildman–Crippen LogP) is 4.82. The van der Waals surface area contributed by atoms with E-state index in [9.17, 15) is 24.0 Å². The highest BCUT2D eigenvalue weighted by atomic mass is 16.6. The van der Waals surface area contributed by atoms with Gasteiger partial charge in [-0.05, 0) is 62.7 Å². The number of carbonyl (C=O) groups is 5. The van der Waals surface area contributed by atoms with Crippen molar-refractivity contribution in [3.8, 4) is 0 Å². The van der Waals surface area contributed by atoms with E-state index >= 15 is 0 Å². The Morgan fingerprint density at radius 3 is 2.17 bits per heavy atom. The maximum atomic E-state index is 14.5. The van der Waals surface area contributed by atoms with Gasteiger partial charge in [0.2, 0.25) is 6.41 Å². The van der Waals surface area contributed by atoms with E-state index in [1.54, 1.807) is 74.0 Å². The number of imide groups is 1. The fourth-order valence-corrected chi connectivity index (χ4v) is 5.94. The van der Waals surface area contributed by atoms with Crippen molar-refractivity contribution in [2.45, 2.75) is 38.5 Å². The molecule has 0 saturated carbocycles. The number of methoxy groups -OCH3 is 1. The Labute approximate surface area is 272 Å². The second kappa shape index (κ2) is 11.9. The standard InChI is InChI=1S/C35H35N5O7/c1-35(2,3)47-34(45)39-19-27-28(39)18-38(27)33(44)40-26-17-22(32(43)46-5)11-16-25(26)29(31(40)42)30(21-9-7-6-8-10-21)36-23-12-14-24(15-13-23)37(4)20-41/h6-17,20,27-28,36H,18-19H2,1-5H3/b30-29-/t27?,28-/m1/s1. The van der Waals surface area contributed by atoms with Gasteiger partial charge >= 0.3 is 18.1 Å². The average Bonchev–Trinajstić information content (AvgIpc) is 3.33. The Hall–Kier alpha value is -5.65. The molecule has 3 aliphatic heterocycles. The lowest BCUT2D eigenvalue weighted by molar-refractivity contribution is -0.114. The number of hydrogen-bond donors (Lipinski definition) is 1. The Balaban J connectivity index is 1.38. The molecule has 1 N–H and O–H groups in total. The molecule has 47 heavy (non-hydrogen) atoms. The Kier molecular flexibility index (Phi) is 7.96. The molecule has 3 aromatic carbocycles. The van der Waals surface area contributed by atoms with Crippen molar-refractivity contribution < 1.29 is 33.4 Å². The fourth-order valence-electron chi connectivity index (χ4n) is 5.94. The van der Waals surface area contributed by atoms with Crippen LogP contribution in [0.5, 0.6) is 0 Å². The number of hydrogen-bond acceptors (Lipinski definition) is 8. The summed E-state index contributed by atoms with van der Waals surface area (Å²) in [4.78, 5) is 70.7. The van der Waals surface area contributed by atoms with Crippen molar-refractivity contribution in [3.05, 3.63) is 89.5 Å². The molecule has 3 aliphatic rings. The summed E-state index contributed by atoms with van der Waals surface area (Å²) >= 11 is 0. The van der Waals surface area contributed by atoms with Crippen LogP contribution in [0.25, 0.3) is 11.3 Å². The zero-order chi connectivity index (χ0) is 33.6. The van der Waals surface area contributed by atoms with E-state index in [4.69, 9.17) is 9.47 Å². The number of carbonyl (C=O) groups excluding carboxylic acids is 5. The lowest BCUT2D eigenvalue weighted by atomic mass is 9.86. The molecule has 0 aliphatic carbocycles. The van der Waals surface area contributed by atoms with E-state index in [2.05, 4.69) is 5.32 Å². The quantitative estimate of drug-likeness (QED) is 0.232. The molecule has 6 rings (SSSR count). The van der Waals surface area contributed by atoms with Crippen LogP contribution in [-0.4, -0.2) is 85.1 Å². The monoisotopic (exact) mass is 637 g/mol. The third kappa shape index (κ3) is 5.66. The van der Waals surface area contributed by atoms with Crippen LogP contribution in [0, 0.1) is 0 Å².